The Labute approximate surface area is 88.7 Å². The Morgan fingerprint density at radius 1 is 1.40 bits per heavy atom. The Balaban J connectivity index is 1.92. The van der Waals surface area contributed by atoms with Gasteiger partial charge in [-0.1, -0.05) is 12.1 Å². The molecule has 1 fully saturated rings. The molecule has 0 spiro atoms. The second-order valence-electron chi connectivity index (χ2n) is 4.24. The standard InChI is InChI=1S/C12H15N3/c13-11-3-1-2-10-8(7-15-12(10)11)6-14-9-4-5-9/h1-3,7,9,14-15H,4-6,13H2. The number of benzene rings is 1. The van der Waals surface area contributed by atoms with E-state index in [1.54, 1.807) is 0 Å². The first-order valence-corrected chi connectivity index (χ1v) is 5.42. The Morgan fingerprint density at radius 3 is 3.07 bits per heavy atom. The van der Waals surface area contributed by atoms with Gasteiger partial charge in [0.1, 0.15) is 0 Å². The third-order valence-electron chi connectivity index (χ3n) is 2.99. The van der Waals surface area contributed by atoms with Crippen molar-refractivity contribution in [1.82, 2.24) is 10.3 Å². The Morgan fingerprint density at radius 2 is 2.27 bits per heavy atom. The third-order valence-corrected chi connectivity index (χ3v) is 2.99. The third kappa shape index (κ3) is 1.59. The van der Waals surface area contributed by atoms with Crippen LogP contribution < -0.4 is 11.1 Å². The van der Waals surface area contributed by atoms with Crippen molar-refractivity contribution < 1.29 is 0 Å². The van der Waals surface area contributed by atoms with Gasteiger partial charge in [-0.25, -0.2) is 0 Å². The number of para-hydroxylation sites is 1. The lowest BCUT2D eigenvalue weighted by Crippen LogP contribution is -2.14. The van der Waals surface area contributed by atoms with E-state index in [-0.39, 0.29) is 0 Å². The monoisotopic (exact) mass is 201 g/mol. The highest BCUT2D eigenvalue weighted by atomic mass is 14.9. The maximum absolute atomic E-state index is 5.89. The van der Waals surface area contributed by atoms with Crippen molar-refractivity contribution in [3.05, 3.63) is 30.0 Å². The first-order valence-electron chi connectivity index (χ1n) is 5.42. The van der Waals surface area contributed by atoms with Crippen LogP contribution in [-0.2, 0) is 6.54 Å². The van der Waals surface area contributed by atoms with Crippen molar-refractivity contribution in [1.29, 1.82) is 0 Å². The van der Waals surface area contributed by atoms with Gasteiger partial charge in [-0.15, -0.1) is 0 Å². The zero-order valence-electron chi connectivity index (χ0n) is 8.59. The molecule has 15 heavy (non-hydrogen) atoms. The summed E-state index contributed by atoms with van der Waals surface area (Å²) in [6, 6.07) is 6.80. The molecular weight excluding hydrogens is 186 g/mol. The number of H-pyrrole nitrogens is 1. The minimum absolute atomic E-state index is 0.746. The van der Waals surface area contributed by atoms with E-state index < -0.39 is 0 Å². The first-order chi connectivity index (χ1) is 7.34. The summed E-state index contributed by atoms with van der Waals surface area (Å²) in [4.78, 5) is 3.24. The zero-order valence-corrected chi connectivity index (χ0v) is 8.59. The molecule has 78 valence electrons. The second-order valence-corrected chi connectivity index (χ2v) is 4.24. The number of nitrogen functional groups attached to an aromatic ring is 1. The molecule has 1 aliphatic carbocycles. The summed E-state index contributed by atoms with van der Waals surface area (Å²) in [7, 11) is 0. The molecule has 1 heterocycles. The van der Waals surface area contributed by atoms with Crippen molar-refractivity contribution >= 4 is 16.6 Å². The molecule has 1 aromatic heterocycles. The summed E-state index contributed by atoms with van der Waals surface area (Å²) >= 11 is 0. The van der Waals surface area contributed by atoms with E-state index in [1.807, 2.05) is 12.1 Å². The number of nitrogens with one attached hydrogen (secondary N) is 2. The Hall–Kier alpha value is -1.48. The fraction of sp³-hybridized carbons (Fsp3) is 0.333. The van der Waals surface area contributed by atoms with Gasteiger partial charge in [-0.2, -0.15) is 0 Å². The molecule has 1 saturated carbocycles. The van der Waals surface area contributed by atoms with E-state index in [0.717, 1.165) is 23.8 Å². The van der Waals surface area contributed by atoms with E-state index in [0.29, 0.717) is 0 Å². The molecule has 0 saturated heterocycles. The van der Waals surface area contributed by atoms with E-state index in [2.05, 4.69) is 22.6 Å². The summed E-state index contributed by atoms with van der Waals surface area (Å²) < 4.78 is 0. The van der Waals surface area contributed by atoms with Crippen LogP contribution in [0.25, 0.3) is 10.9 Å². The van der Waals surface area contributed by atoms with Crippen molar-refractivity contribution in [2.24, 2.45) is 0 Å². The van der Waals surface area contributed by atoms with Gasteiger partial charge in [-0.3, -0.25) is 0 Å². The molecule has 0 unspecified atom stereocenters. The SMILES string of the molecule is Nc1cccc2c(CNC3CC3)c[nH]c12. The smallest absolute Gasteiger partial charge is 0.0690 e. The Bertz CT molecular complexity index is 483. The molecule has 3 heteroatoms. The van der Waals surface area contributed by atoms with Crippen LogP contribution in [0.3, 0.4) is 0 Å². The number of hydrogen-bond donors (Lipinski definition) is 3. The van der Waals surface area contributed by atoms with Crippen LogP contribution in [0.1, 0.15) is 18.4 Å². The van der Waals surface area contributed by atoms with Gasteiger partial charge in [0.15, 0.2) is 0 Å². The number of rotatable bonds is 3. The number of aromatic amines is 1. The van der Waals surface area contributed by atoms with Gasteiger partial charge >= 0.3 is 0 Å². The van der Waals surface area contributed by atoms with Gasteiger partial charge in [0.05, 0.1) is 11.2 Å². The van der Waals surface area contributed by atoms with Crippen LogP contribution in [0, 0.1) is 0 Å². The topological polar surface area (TPSA) is 53.8 Å². The average molecular weight is 201 g/mol. The van der Waals surface area contributed by atoms with Gasteiger partial charge in [0.2, 0.25) is 0 Å². The molecule has 1 aromatic carbocycles. The van der Waals surface area contributed by atoms with E-state index in [9.17, 15) is 0 Å². The molecule has 1 aliphatic rings. The lowest BCUT2D eigenvalue weighted by Gasteiger charge is -2.01. The highest BCUT2D eigenvalue weighted by Crippen LogP contribution is 2.24. The maximum atomic E-state index is 5.89. The summed E-state index contributed by atoms with van der Waals surface area (Å²) in [6.45, 7) is 0.939. The molecule has 0 aliphatic heterocycles. The number of nitrogens with two attached hydrogens (primary N) is 1. The molecule has 3 rings (SSSR count). The van der Waals surface area contributed by atoms with Crippen molar-refractivity contribution in [2.45, 2.75) is 25.4 Å². The van der Waals surface area contributed by atoms with Crippen LogP contribution in [0.4, 0.5) is 5.69 Å². The first kappa shape index (κ1) is 8.80. The van der Waals surface area contributed by atoms with E-state index in [1.165, 1.54) is 23.8 Å². The van der Waals surface area contributed by atoms with Crippen LogP contribution in [-0.4, -0.2) is 11.0 Å². The van der Waals surface area contributed by atoms with Gasteiger partial charge in [-0.05, 0) is 24.5 Å². The fourth-order valence-electron chi connectivity index (χ4n) is 1.92. The van der Waals surface area contributed by atoms with Crippen molar-refractivity contribution in [2.75, 3.05) is 5.73 Å². The van der Waals surface area contributed by atoms with Crippen LogP contribution >= 0.6 is 0 Å². The maximum Gasteiger partial charge on any atom is 0.0690 e. The summed E-state index contributed by atoms with van der Waals surface area (Å²) in [5.74, 6) is 0. The van der Waals surface area contributed by atoms with Crippen molar-refractivity contribution in [3.63, 3.8) is 0 Å². The summed E-state index contributed by atoms with van der Waals surface area (Å²) in [6.07, 6.45) is 4.70. The van der Waals surface area contributed by atoms with E-state index >= 15 is 0 Å². The molecule has 0 bridgehead atoms. The second kappa shape index (κ2) is 3.28. The zero-order chi connectivity index (χ0) is 10.3. The summed E-state index contributed by atoms with van der Waals surface area (Å²) in [5.41, 5.74) is 9.08. The predicted molar refractivity (Wildman–Crippen MR) is 62.6 cm³/mol. The van der Waals surface area contributed by atoms with Crippen LogP contribution in [0.15, 0.2) is 24.4 Å². The fourth-order valence-corrected chi connectivity index (χ4v) is 1.92. The largest absolute Gasteiger partial charge is 0.397 e. The molecular formula is C12H15N3. The number of hydrogen-bond acceptors (Lipinski definition) is 2. The molecule has 0 amide bonds. The predicted octanol–water partition coefficient (Wildman–Crippen LogP) is 2.00. The minimum Gasteiger partial charge on any atom is -0.397 e. The normalized spacial score (nSPS) is 16.0. The highest BCUT2D eigenvalue weighted by Gasteiger charge is 2.20. The molecule has 4 N–H and O–H groups in total. The van der Waals surface area contributed by atoms with Crippen LogP contribution in [0.5, 0.6) is 0 Å². The summed E-state index contributed by atoms with van der Waals surface area (Å²) in [5, 5.41) is 4.75. The molecule has 0 atom stereocenters. The van der Waals surface area contributed by atoms with E-state index in [4.69, 9.17) is 5.73 Å². The van der Waals surface area contributed by atoms with Gasteiger partial charge in [0.25, 0.3) is 0 Å². The van der Waals surface area contributed by atoms with Crippen molar-refractivity contribution in [3.8, 4) is 0 Å². The van der Waals surface area contributed by atoms with Crippen LogP contribution in [0.2, 0.25) is 0 Å². The number of fused-ring (bicyclic) bond motifs is 1. The molecule has 0 radical (unpaired) electrons. The van der Waals surface area contributed by atoms with Gasteiger partial charge < -0.3 is 16.0 Å². The lowest BCUT2D eigenvalue weighted by atomic mass is 10.1. The highest BCUT2D eigenvalue weighted by molar-refractivity contribution is 5.92. The quantitative estimate of drug-likeness (QED) is 0.665. The molecule has 2 aromatic rings. The average Bonchev–Trinajstić information content (AvgIpc) is 2.97. The number of anilines is 1. The molecule has 3 nitrogen and oxygen atoms in total. The Kier molecular flexibility index (Phi) is 1.92. The minimum atomic E-state index is 0.746. The van der Waals surface area contributed by atoms with Gasteiger partial charge in [0, 0.05) is 24.2 Å². The lowest BCUT2D eigenvalue weighted by molar-refractivity contribution is 0.691. The number of aromatic nitrogens is 1.